The molecule has 3 heterocycles. The predicted molar refractivity (Wildman–Crippen MR) is 389 cm³/mol. The third kappa shape index (κ3) is 22.2. The van der Waals surface area contributed by atoms with E-state index in [2.05, 4.69) is 17.4 Å². The van der Waals surface area contributed by atoms with Gasteiger partial charge in [-0.05, 0) is 63.6 Å². The van der Waals surface area contributed by atoms with Crippen molar-refractivity contribution in [3.63, 3.8) is 0 Å². The van der Waals surface area contributed by atoms with Crippen LogP contribution >= 0.6 is 11.8 Å². The fourth-order valence-electron chi connectivity index (χ4n) is 12.7. The highest BCUT2D eigenvalue weighted by Gasteiger charge is 2.56. The number of hydrogen-bond acceptors (Lipinski definition) is 17. The standard InChI is InChI=1S/C85H91NO16S/c1-60-74(101-73(88)49-48-72(87)86-2)77(91-52-63-34-16-5-17-35-63)80(94-55-66-40-22-8-23-41-66)83(98-60)97-59-71-75(90-51-62-32-14-4-15-33-62)78(92-53-64-36-18-6-19-37-64)81(95-56-67-42-24-9-25-43-67)84(99-71)102-76-70(58-89-50-61-30-12-3-13-31-61)100-85(103-69-46-28-11-29-47-69)82(96-57-68-44-26-10-27-45-68)79(76)93-54-65-38-20-7-21-39-65/h3-47,60,70-71,74-85H,48-59H2,1-2H3,(H,86,87)/t60?,70?,71-,74+,75-,76+,77-,78?,79+,80?,81?,82?,83?,84-,85-/m0/s1. The molecular formula is C85H91NO16S. The lowest BCUT2D eigenvalue weighted by molar-refractivity contribution is -0.368. The Hall–Kier alpha value is -8.25. The molecule has 18 heteroatoms. The van der Waals surface area contributed by atoms with Gasteiger partial charge in [0.2, 0.25) is 5.91 Å². The van der Waals surface area contributed by atoms with Crippen LogP contribution in [0.1, 0.15) is 64.3 Å². The molecule has 17 nitrogen and oxygen atoms in total. The van der Waals surface area contributed by atoms with Gasteiger partial charge >= 0.3 is 5.97 Å². The molecule has 12 rings (SSSR count). The van der Waals surface area contributed by atoms with Crippen LogP contribution in [0, 0.1) is 0 Å². The summed E-state index contributed by atoms with van der Waals surface area (Å²) in [6.45, 7) is 2.98. The largest absolute Gasteiger partial charge is 0.457 e. The summed E-state index contributed by atoms with van der Waals surface area (Å²) in [6.07, 6.45) is -14.1. The monoisotopic (exact) mass is 1410 g/mol. The molecule has 0 aromatic heterocycles. The Bertz CT molecular complexity index is 3870. The lowest BCUT2D eigenvalue weighted by Gasteiger charge is -2.50. The Kier molecular flexibility index (Phi) is 28.6. The van der Waals surface area contributed by atoms with Crippen molar-refractivity contribution >= 4 is 23.6 Å². The van der Waals surface area contributed by atoms with E-state index in [1.54, 1.807) is 18.7 Å². The summed E-state index contributed by atoms with van der Waals surface area (Å²) >= 11 is 1.54. The first-order valence-electron chi connectivity index (χ1n) is 35.3. The van der Waals surface area contributed by atoms with Gasteiger partial charge in [-0.25, -0.2) is 0 Å². The zero-order chi connectivity index (χ0) is 70.6. The molecule has 0 spiro atoms. The maximum absolute atomic E-state index is 13.9. The topological polar surface area (TPSA) is 175 Å². The van der Waals surface area contributed by atoms with Crippen LogP contribution < -0.4 is 5.32 Å². The molecule has 3 aliphatic heterocycles. The Morgan fingerprint density at radius 3 is 1.10 bits per heavy atom. The van der Waals surface area contributed by atoms with Crippen molar-refractivity contribution < 1.29 is 75.9 Å². The second kappa shape index (κ2) is 39.6. The van der Waals surface area contributed by atoms with Crippen molar-refractivity contribution in [2.45, 2.75) is 169 Å². The number of thioether (sulfide) groups is 1. The van der Waals surface area contributed by atoms with Gasteiger partial charge in [0.25, 0.3) is 0 Å². The number of rotatable bonds is 36. The molecule has 3 saturated heterocycles. The lowest BCUT2D eigenvalue weighted by atomic mass is 9.96. The average Bonchev–Trinajstić information content (AvgIpc) is 0.770. The normalized spacial score (nSPS) is 24.8. The van der Waals surface area contributed by atoms with Crippen molar-refractivity contribution in [1.82, 2.24) is 5.32 Å². The summed E-state index contributed by atoms with van der Waals surface area (Å²) < 4.78 is 101. The number of benzene rings is 9. The molecule has 0 bridgehead atoms. The van der Waals surface area contributed by atoms with E-state index in [-0.39, 0.29) is 84.8 Å². The van der Waals surface area contributed by atoms with E-state index in [0.717, 1.165) is 49.4 Å². The third-order valence-electron chi connectivity index (χ3n) is 18.1. The zero-order valence-electron chi connectivity index (χ0n) is 58.1. The van der Waals surface area contributed by atoms with Crippen LogP contribution in [-0.4, -0.2) is 123 Å². The number of esters is 1. The third-order valence-corrected chi connectivity index (χ3v) is 19.3. The molecule has 9 aromatic carbocycles. The molecule has 3 fully saturated rings. The first-order chi connectivity index (χ1) is 50.8. The van der Waals surface area contributed by atoms with Crippen molar-refractivity contribution in [2.24, 2.45) is 0 Å². The van der Waals surface area contributed by atoms with E-state index >= 15 is 0 Å². The van der Waals surface area contributed by atoms with Gasteiger partial charge in [0.1, 0.15) is 66.5 Å². The van der Waals surface area contributed by atoms with Crippen LogP contribution in [0.4, 0.5) is 0 Å². The number of carbonyl (C=O) groups excluding carboxylic acids is 2. The zero-order valence-corrected chi connectivity index (χ0v) is 58.9. The van der Waals surface area contributed by atoms with Crippen LogP contribution in [0.25, 0.3) is 0 Å². The summed E-state index contributed by atoms with van der Waals surface area (Å²) in [4.78, 5) is 27.3. The number of carbonyl (C=O) groups is 2. The maximum atomic E-state index is 13.9. The highest BCUT2D eigenvalue weighted by Crippen LogP contribution is 2.42. The molecule has 0 saturated carbocycles. The van der Waals surface area contributed by atoms with Gasteiger partial charge < -0.3 is 71.6 Å². The number of hydrogen-bond donors (Lipinski definition) is 1. The van der Waals surface area contributed by atoms with Gasteiger partial charge in [0, 0.05) is 18.4 Å². The highest BCUT2D eigenvalue weighted by atomic mass is 32.2. The van der Waals surface area contributed by atoms with Crippen molar-refractivity contribution in [3.8, 4) is 0 Å². The van der Waals surface area contributed by atoms with Crippen LogP contribution in [0.15, 0.2) is 278 Å². The van der Waals surface area contributed by atoms with E-state index in [1.807, 2.05) is 261 Å². The van der Waals surface area contributed by atoms with Crippen LogP contribution in [0.5, 0.6) is 0 Å². The van der Waals surface area contributed by atoms with Gasteiger partial charge in [0.15, 0.2) is 18.7 Å². The van der Waals surface area contributed by atoms with Crippen LogP contribution in [0.3, 0.4) is 0 Å². The van der Waals surface area contributed by atoms with E-state index < -0.39 is 97.2 Å². The minimum Gasteiger partial charge on any atom is -0.457 e. The van der Waals surface area contributed by atoms with Gasteiger partial charge in [0.05, 0.1) is 78.6 Å². The first-order valence-corrected chi connectivity index (χ1v) is 36.2. The molecule has 538 valence electrons. The van der Waals surface area contributed by atoms with E-state index in [4.69, 9.17) is 66.3 Å². The fraction of sp³-hybridized carbons (Fsp3) is 0.341. The molecule has 7 unspecified atom stereocenters. The Balaban J connectivity index is 0.962. The SMILES string of the molecule is CNC(=O)CCC(=O)O[C@@H]1C(C)OC(OC[C@@H]2O[C@@H](O[C@@H]3C(COCc4ccccc4)O[C@@H](Sc4ccccc4)C(OCc4ccccc4)[C@@H]3OCc3ccccc3)C(OCc3ccccc3)C(OCc3ccccc3)[C@H]2OCc2ccccc2)C(OCc2ccccc2)[C@H]1OCc1ccccc1. The molecule has 9 aromatic rings. The van der Waals surface area contributed by atoms with Crippen molar-refractivity contribution in [1.29, 1.82) is 0 Å². The van der Waals surface area contributed by atoms with Crippen molar-refractivity contribution in [3.05, 3.63) is 317 Å². The molecule has 0 radical (unpaired) electrons. The van der Waals surface area contributed by atoms with E-state index in [0.29, 0.717) is 0 Å². The Labute approximate surface area is 608 Å². The van der Waals surface area contributed by atoms with Crippen molar-refractivity contribution in [2.75, 3.05) is 20.3 Å². The lowest BCUT2D eigenvalue weighted by Crippen LogP contribution is -2.66. The molecule has 1 amide bonds. The first kappa shape index (κ1) is 74.5. The quantitative estimate of drug-likeness (QED) is 0.0367. The number of ether oxygens (including phenoxy) is 14. The van der Waals surface area contributed by atoms with Crippen LogP contribution in [0.2, 0.25) is 0 Å². The van der Waals surface area contributed by atoms with Crippen LogP contribution in [-0.2, 0) is 129 Å². The molecule has 1 N–H and O–H groups in total. The summed E-state index contributed by atoms with van der Waals surface area (Å²) in [6, 6.07) is 89.5. The average molecular weight is 1410 g/mol. The Morgan fingerprint density at radius 2 is 0.680 bits per heavy atom. The molecule has 103 heavy (non-hydrogen) atoms. The fourth-order valence-corrected chi connectivity index (χ4v) is 13.9. The smallest absolute Gasteiger partial charge is 0.306 e. The summed E-state index contributed by atoms with van der Waals surface area (Å²) in [7, 11) is 1.52. The maximum Gasteiger partial charge on any atom is 0.306 e. The number of amides is 1. The van der Waals surface area contributed by atoms with Gasteiger partial charge in [-0.3, -0.25) is 9.59 Å². The molecule has 3 aliphatic rings. The second-order valence-electron chi connectivity index (χ2n) is 25.6. The molecule has 15 atom stereocenters. The van der Waals surface area contributed by atoms with Gasteiger partial charge in [-0.2, -0.15) is 0 Å². The highest BCUT2D eigenvalue weighted by molar-refractivity contribution is 7.99. The predicted octanol–water partition coefficient (Wildman–Crippen LogP) is 14.1. The van der Waals surface area contributed by atoms with E-state index in [1.165, 1.54) is 7.05 Å². The molecular weight excluding hydrogens is 1320 g/mol. The number of nitrogens with one attached hydrogen (secondary N) is 1. The molecule has 0 aliphatic carbocycles. The minimum atomic E-state index is -1.30. The minimum absolute atomic E-state index is 0.0625. The Morgan fingerprint density at radius 1 is 0.340 bits per heavy atom. The summed E-state index contributed by atoms with van der Waals surface area (Å²) in [5.74, 6) is -0.908. The summed E-state index contributed by atoms with van der Waals surface area (Å²) in [5.41, 5.74) is 6.65. The van der Waals surface area contributed by atoms with E-state index in [9.17, 15) is 9.59 Å². The summed E-state index contributed by atoms with van der Waals surface area (Å²) in [5, 5.41) is 2.59. The second-order valence-corrected chi connectivity index (χ2v) is 26.8. The van der Waals surface area contributed by atoms with Gasteiger partial charge in [-0.15, -0.1) is 0 Å². The van der Waals surface area contributed by atoms with Gasteiger partial charge in [-0.1, -0.05) is 273 Å².